The zero-order valence-electron chi connectivity index (χ0n) is 11.5. The summed E-state index contributed by atoms with van der Waals surface area (Å²) in [5.41, 5.74) is 2.82. The van der Waals surface area contributed by atoms with Gasteiger partial charge in [-0.15, -0.1) is 11.3 Å². The lowest BCUT2D eigenvalue weighted by Gasteiger charge is -2.05. The van der Waals surface area contributed by atoms with E-state index in [0.717, 1.165) is 21.7 Å². The van der Waals surface area contributed by atoms with Gasteiger partial charge in [-0.1, -0.05) is 6.07 Å². The Morgan fingerprint density at radius 2 is 2.33 bits per heavy atom. The highest BCUT2D eigenvalue weighted by Crippen LogP contribution is 2.16. The number of hydrogen-bond acceptors (Lipinski definition) is 4. The summed E-state index contributed by atoms with van der Waals surface area (Å²) in [5.74, 6) is -0.0512. The van der Waals surface area contributed by atoms with Crippen LogP contribution < -0.4 is 5.32 Å². The average molecular weight is 298 g/mol. The van der Waals surface area contributed by atoms with E-state index in [9.17, 15) is 4.79 Å². The van der Waals surface area contributed by atoms with E-state index in [1.165, 1.54) is 11.3 Å². The van der Waals surface area contributed by atoms with Crippen molar-refractivity contribution < 1.29 is 4.79 Å². The fourth-order valence-electron chi connectivity index (χ4n) is 1.97. The standard InChI is InChI=1S/C15H14N4OS/c1-19-10-12(9-18-19)13-7-11(4-5-16-13)8-17-15(20)14-3-2-6-21-14/h2-7,9-10H,8H2,1H3,(H,17,20). The second-order valence-electron chi connectivity index (χ2n) is 4.61. The van der Waals surface area contributed by atoms with E-state index in [0.29, 0.717) is 6.54 Å². The zero-order chi connectivity index (χ0) is 14.7. The summed E-state index contributed by atoms with van der Waals surface area (Å²) in [6.07, 6.45) is 5.43. The summed E-state index contributed by atoms with van der Waals surface area (Å²) in [7, 11) is 1.87. The molecule has 1 amide bonds. The number of nitrogens with one attached hydrogen (secondary N) is 1. The Labute approximate surface area is 126 Å². The molecule has 0 fully saturated rings. The molecule has 0 aliphatic heterocycles. The predicted molar refractivity (Wildman–Crippen MR) is 81.9 cm³/mol. The van der Waals surface area contributed by atoms with Crippen molar-refractivity contribution in [3.8, 4) is 11.3 Å². The van der Waals surface area contributed by atoms with Crippen molar-refractivity contribution in [2.75, 3.05) is 0 Å². The molecule has 106 valence electrons. The van der Waals surface area contributed by atoms with E-state index >= 15 is 0 Å². The second-order valence-corrected chi connectivity index (χ2v) is 5.56. The fourth-order valence-corrected chi connectivity index (χ4v) is 2.61. The minimum Gasteiger partial charge on any atom is -0.347 e. The fraction of sp³-hybridized carbons (Fsp3) is 0.133. The maximum absolute atomic E-state index is 11.9. The van der Waals surface area contributed by atoms with Crippen LogP contribution in [0.1, 0.15) is 15.2 Å². The van der Waals surface area contributed by atoms with Crippen molar-refractivity contribution in [1.29, 1.82) is 0 Å². The van der Waals surface area contributed by atoms with Crippen LogP contribution in [0.25, 0.3) is 11.3 Å². The molecule has 3 heterocycles. The molecule has 21 heavy (non-hydrogen) atoms. The van der Waals surface area contributed by atoms with E-state index in [4.69, 9.17) is 0 Å². The van der Waals surface area contributed by atoms with Crippen molar-refractivity contribution in [3.05, 3.63) is 58.7 Å². The maximum Gasteiger partial charge on any atom is 0.261 e. The monoisotopic (exact) mass is 298 g/mol. The van der Waals surface area contributed by atoms with Crippen LogP contribution in [0.5, 0.6) is 0 Å². The van der Waals surface area contributed by atoms with Gasteiger partial charge in [0.25, 0.3) is 5.91 Å². The van der Waals surface area contributed by atoms with Gasteiger partial charge in [0.15, 0.2) is 0 Å². The highest BCUT2D eigenvalue weighted by molar-refractivity contribution is 7.12. The Balaban J connectivity index is 1.70. The third-order valence-corrected chi connectivity index (χ3v) is 3.89. The molecule has 3 aromatic rings. The van der Waals surface area contributed by atoms with Gasteiger partial charge in [-0.3, -0.25) is 14.5 Å². The van der Waals surface area contributed by atoms with Gasteiger partial charge in [0.2, 0.25) is 0 Å². The molecular formula is C15H14N4OS. The second kappa shape index (κ2) is 5.88. The first kappa shape index (κ1) is 13.5. The average Bonchev–Trinajstić information content (AvgIpc) is 3.16. The van der Waals surface area contributed by atoms with E-state index in [2.05, 4.69) is 15.4 Å². The van der Waals surface area contributed by atoms with Crippen molar-refractivity contribution >= 4 is 17.2 Å². The summed E-state index contributed by atoms with van der Waals surface area (Å²) in [5, 5.41) is 8.94. The van der Waals surface area contributed by atoms with E-state index in [1.54, 1.807) is 17.1 Å². The van der Waals surface area contributed by atoms with Crippen molar-refractivity contribution in [3.63, 3.8) is 0 Å². The molecule has 0 unspecified atom stereocenters. The molecule has 1 N–H and O–H groups in total. The normalized spacial score (nSPS) is 10.5. The van der Waals surface area contributed by atoms with Crippen LogP contribution in [-0.4, -0.2) is 20.7 Å². The van der Waals surface area contributed by atoms with E-state index < -0.39 is 0 Å². The number of carbonyl (C=O) groups is 1. The molecule has 0 saturated heterocycles. The molecule has 0 saturated carbocycles. The van der Waals surface area contributed by atoms with Crippen LogP contribution in [0.2, 0.25) is 0 Å². The molecule has 0 aliphatic rings. The van der Waals surface area contributed by atoms with Gasteiger partial charge in [-0.2, -0.15) is 5.10 Å². The molecule has 5 nitrogen and oxygen atoms in total. The summed E-state index contributed by atoms with van der Waals surface area (Å²) < 4.78 is 1.74. The lowest BCUT2D eigenvalue weighted by molar-refractivity contribution is 0.0955. The summed E-state index contributed by atoms with van der Waals surface area (Å²) >= 11 is 1.43. The molecule has 0 aliphatic carbocycles. The smallest absolute Gasteiger partial charge is 0.261 e. The molecule has 0 bridgehead atoms. The van der Waals surface area contributed by atoms with Gasteiger partial charge in [-0.05, 0) is 29.1 Å². The molecule has 3 aromatic heterocycles. The van der Waals surface area contributed by atoms with Crippen molar-refractivity contribution in [1.82, 2.24) is 20.1 Å². The number of hydrogen-bond donors (Lipinski definition) is 1. The zero-order valence-corrected chi connectivity index (χ0v) is 12.3. The molecule has 0 radical (unpaired) electrons. The van der Waals surface area contributed by atoms with Crippen LogP contribution in [0.4, 0.5) is 0 Å². The largest absolute Gasteiger partial charge is 0.347 e. The lowest BCUT2D eigenvalue weighted by Crippen LogP contribution is -2.21. The number of thiophene rings is 1. The Bertz CT molecular complexity index is 749. The topological polar surface area (TPSA) is 59.8 Å². The van der Waals surface area contributed by atoms with Crippen molar-refractivity contribution in [2.45, 2.75) is 6.54 Å². The highest BCUT2D eigenvalue weighted by Gasteiger charge is 2.07. The number of pyridine rings is 1. The molecule has 0 atom stereocenters. The first-order valence-electron chi connectivity index (χ1n) is 6.48. The summed E-state index contributed by atoms with van der Waals surface area (Å²) in [4.78, 5) is 17.0. The third kappa shape index (κ3) is 3.17. The Hall–Kier alpha value is -2.47. The number of aryl methyl sites for hydroxylation is 1. The molecule has 3 rings (SSSR count). The van der Waals surface area contributed by atoms with Crippen molar-refractivity contribution in [2.24, 2.45) is 7.05 Å². The van der Waals surface area contributed by atoms with E-state index in [1.807, 2.05) is 42.9 Å². The molecule has 0 aromatic carbocycles. The quantitative estimate of drug-likeness (QED) is 0.805. The Morgan fingerprint density at radius 3 is 3.05 bits per heavy atom. The first-order valence-corrected chi connectivity index (χ1v) is 7.36. The Kier molecular flexibility index (Phi) is 3.79. The van der Waals surface area contributed by atoms with E-state index in [-0.39, 0.29) is 5.91 Å². The van der Waals surface area contributed by atoms with Crippen LogP contribution >= 0.6 is 11.3 Å². The van der Waals surface area contributed by atoms with Gasteiger partial charge in [-0.25, -0.2) is 0 Å². The molecule has 0 spiro atoms. The van der Waals surface area contributed by atoms with Crippen LogP contribution in [0.3, 0.4) is 0 Å². The van der Waals surface area contributed by atoms with Crippen LogP contribution in [-0.2, 0) is 13.6 Å². The number of carbonyl (C=O) groups excluding carboxylic acids is 1. The summed E-state index contributed by atoms with van der Waals surface area (Å²) in [6, 6.07) is 7.54. The number of nitrogens with zero attached hydrogens (tertiary/aromatic N) is 3. The number of aromatic nitrogens is 3. The minimum atomic E-state index is -0.0512. The number of amides is 1. The summed E-state index contributed by atoms with van der Waals surface area (Å²) in [6.45, 7) is 0.479. The maximum atomic E-state index is 11.9. The Morgan fingerprint density at radius 1 is 1.43 bits per heavy atom. The molecule has 6 heteroatoms. The van der Waals surface area contributed by atoms with Gasteiger partial charge >= 0.3 is 0 Å². The van der Waals surface area contributed by atoms with Gasteiger partial charge in [0.05, 0.1) is 16.8 Å². The first-order chi connectivity index (χ1) is 10.2. The van der Waals surface area contributed by atoms with Gasteiger partial charge in [0, 0.05) is 31.5 Å². The van der Waals surface area contributed by atoms with Crippen LogP contribution in [0.15, 0.2) is 48.2 Å². The minimum absolute atomic E-state index is 0.0512. The lowest BCUT2D eigenvalue weighted by atomic mass is 10.1. The highest BCUT2D eigenvalue weighted by atomic mass is 32.1. The number of rotatable bonds is 4. The SMILES string of the molecule is Cn1cc(-c2cc(CNC(=O)c3cccs3)ccn2)cn1. The molecular weight excluding hydrogens is 284 g/mol. The van der Waals surface area contributed by atoms with Gasteiger partial charge < -0.3 is 5.32 Å². The van der Waals surface area contributed by atoms with Crippen LogP contribution in [0, 0.1) is 0 Å². The predicted octanol–water partition coefficient (Wildman–Crippen LogP) is 2.47. The van der Waals surface area contributed by atoms with Gasteiger partial charge in [0.1, 0.15) is 0 Å². The third-order valence-electron chi connectivity index (χ3n) is 3.02.